The molecule has 0 aliphatic heterocycles. The summed E-state index contributed by atoms with van der Waals surface area (Å²) in [5, 5.41) is 11.1. The van der Waals surface area contributed by atoms with Crippen molar-refractivity contribution in [1.82, 2.24) is 0 Å². The van der Waals surface area contributed by atoms with E-state index in [4.69, 9.17) is 21.5 Å². The maximum atomic E-state index is 12.1. The monoisotopic (exact) mass is 342 g/mol. The van der Waals surface area contributed by atoms with E-state index in [-0.39, 0.29) is 21.4 Å². The van der Waals surface area contributed by atoms with Gasteiger partial charge in [0.2, 0.25) is 0 Å². The average Bonchev–Trinajstić information content (AvgIpc) is 2.43. The van der Waals surface area contributed by atoms with E-state index < -0.39 is 20.7 Å². The van der Waals surface area contributed by atoms with Gasteiger partial charge in [0.1, 0.15) is 16.3 Å². The van der Waals surface area contributed by atoms with Gasteiger partial charge in [-0.3, -0.25) is 10.1 Å². The molecule has 0 aromatic heterocycles. The van der Waals surface area contributed by atoms with Crippen molar-refractivity contribution < 1.29 is 17.5 Å². The predicted octanol–water partition coefficient (Wildman–Crippen LogP) is 2.91. The number of nitrogens with zero attached hydrogens (tertiary/aromatic N) is 1. The van der Waals surface area contributed by atoms with Crippen LogP contribution in [0.1, 0.15) is 5.56 Å². The lowest BCUT2D eigenvalue weighted by molar-refractivity contribution is -0.383. The van der Waals surface area contributed by atoms with E-state index in [0.717, 1.165) is 6.07 Å². The second-order valence-electron chi connectivity index (χ2n) is 4.43. The summed E-state index contributed by atoms with van der Waals surface area (Å²) in [6, 6.07) is 7.49. The minimum absolute atomic E-state index is 0.0897. The maximum absolute atomic E-state index is 12.1. The highest BCUT2D eigenvalue weighted by atomic mass is 35.5. The minimum atomic E-state index is -4.16. The number of halogens is 1. The van der Waals surface area contributed by atoms with Crippen molar-refractivity contribution in [1.29, 1.82) is 0 Å². The molecule has 0 atom stereocenters. The van der Waals surface area contributed by atoms with E-state index in [1.165, 1.54) is 30.3 Å². The Kier molecular flexibility index (Phi) is 4.25. The van der Waals surface area contributed by atoms with E-state index in [2.05, 4.69) is 0 Å². The van der Waals surface area contributed by atoms with Crippen LogP contribution in [0.5, 0.6) is 5.75 Å². The van der Waals surface area contributed by atoms with Crippen LogP contribution in [0.3, 0.4) is 0 Å². The van der Waals surface area contributed by atoms with Gasteiger partial charge in [-0.2, -0.15) is 8.42 Å². The summed E-state index contributed by atoms with van der Waals surface area (Å²) < 4.78 is 29.2. The molecule has 0 amide bonds. The van der Waals surface area contributed by atoms with Gasteiger partial charge in [-0.1, -0.05) is 17.7 Å². The number of anilines is 1. The topological polar surface area (TPSA) is 113 Å². The first-order valence-electron chi connectivity index (χ1n) is 5.95. The van der Waals surface area contributed by atoms with Gasteiger partial charge in [-0.15, -0.1) is 0 Å². The molecular weight excluding hydrogens is 332 g/mol. The molecule has 2 aromatic rings. The van der Waals surface area contributed by atoms with Crippen molar-refractivity contribution >= 4 is 33.1 Å². The standard InChI is InChI=1S/C13H11ClN2O5S/c1-8-2-4-10(7-11(8)14)22(19,20)21-9-3-5-12(15)13(6-9)16(17)18/h2-7H,15H2,1H3. The molecule has 0 fully saturated rings. The number of hydrogen-bond donors (Lipinski definition) is 1. The summed E-state index contributed by atoms with van der Waals surface area (Å²) in [6.07, 6.45) is 0. The molecular formula is C13H11ClN2O5S. The number of benzene rings is 2. The SMILES string of the molecule is Cc1ccc(S(=O)(=O)Oc2ccc(N)c([N+](=O)[O-])c2)cc1Cl. The Morgan fingerprint density at radius 3 is 2.50 bits per heavy atom. The molecule has 0 unspecified atom stereocenters. The van der Waals surface area contributed by atoms with Crippen molar-refractivity contribution in [3.63, 3.8) is 0 Å². The smallest absolute Gasteiger partial charge is 0.339 e. The van der Waals surface area contributed by atoms with Gasteiger partial charge in [0.25, 0.3) is 5.69 Å². The molecule has 116 valence electrons. The van der Waals surface area contributed by atoms with Gasteiger partial charge in [-0.05, 0) is 36.8 Å². The molecule has 0 saturated carbocycles. The second kappa shape index (κ2) is 5.82. The molecule has 0 spiro atoms. The van der Waals surface area contributed by atoms with Crippen LogP contribution in [0.15, 0.2) is 41.3 Å². The summed E-state index contributed by atoms with van der Waals surface area (Å²) in [5.74, 6) is -0.211. The van der Waals surface area contributed by atoms with Crippen molar-refractivity contribution in [3.8, 4) is 5.75 Å². The van der Waals surface area contributed by atoms with Crippen LogP contribution in [0.2, 0.25) is 5.02 Å². The van der Waals surface area contributed by atoms with Gasteiger partial charge >= 0.3 is 10.1 Å². The van der Waals surface area contributed by atoms with E-state index >= 15 is 0 Å². The normalized spacial score (nSPS) is 11.2. The third-order valence-corrected chi connectivity index (χ3v) is 4.49. The number of hydrogen-bond acceptors (Lipinski definition) is 6. The summed E-state index contributed by atoms with van der Waals surface area (Å²) in [7, 11) is -4.16. The Morgan fingerprint density at radius 1 is 1.23 bits per heavy atom. The van der Waals surface area contributed by atoms with Crippen molar-refractivity contribution in [2.45, 2.75) is 11.8 Å². The van der Waals surface area contributed by atoms with Gasteiger partial charge < -0.3 is 9.92 Å². The lowest BCUT2D eigenvalue weighted by atomic mass is 10.2. The van der Waals surface area contributed by atoms with Crippen LogP contribution in [0.4, 0.5) is 11.4 Å². The summed E-state index contributed by atoms with van der Waals surface area (Å²) in [5.41, 5.74) is 5.62. The molecule has 2 rings (SSSR count). The van der Waals surface area contributed by atoms with Gasteiger partial charge in [0.15, 0.2) is 0 Å². The molecule has 2 N–H and O–H groups in total. The molecule has 0 aliphatic carbocycles. The maximum Gasteiger partial charge on any atom is 0.339 e. The third-order valence-electron chi connectivity index (χ3n) is 2.84. The number of nitro groups is 1. The van der Waals surface area contributed by atoms with Crippen molar-refractivity contribution in [3.05, 3.63) is 57.1 Å². The third kappa shape index (κ3) is 3.29. The van der Waals surface area contributed by atoms with Gasteiger partial charge in [0.05, 0.1) is 11.0 Å². The van der Waals surface area contributed by atoms with E-state index in [1.807, 2.05) is 0 Å². The first kappa shape index (κ1) is 16.1. The zero-order chi connectivity index (χ0) is 16.5. The largest absolute Gasteiger partial charge is 0.393 e. The Bertz CT molecular complexity index is 852. The fraction of sp³-hybridized carbons (Fsp3) is 0.0769. The summed E-state index contributed by atoms with van der Waals surface area (Å²) in [6.45, 7) is 1.73. The van der Waals surface area contributed by atoms with Crippen LogP contribution >= 0.6 is 11.6 Å². The number of aryl methyl sites for hydroxylation is 1. The van der Waals surface area contributed by atoms with E-state index in [1.54, 1.807) is 6.92 Å². The molecule has 0 saturated heterocycles. The summed E-state index contributed by atoms with van der Waals surface area (Å²) in [4.78, 5) is 9.92. The Labute approximate surface area is 131 Å². The van der Waals surface area contributed by atoms with Crippen LogP contribution in [-0.2, 0) is 10.1 Å². The number of nitro benzene ring substituents is 1. The molecule has 0 aliphatic rings. The predicted molar refractivity (Wildman–Crippen MR) is 81.5 cm³/mol. The number of rotatable bonds is 4. The molecule has 7 nitrogen and oxygen atoms in total. The van der Waals surface area contributed by atoms with Crippen molar-refractivity contribution in [2.75, 3.05) is 5.73 Å². The van der Waals surface area contributed by atoms with Crippen LogP contribution < -0.4 is 9.92 Å². The first-order valence-corrected chi connectivity index (χ1v) is 7.74. The average molecular weight is 343 g/mol. The van der Waals surface area contributed by atoms with Crippen LogP contribution in [0.25, 0.3) is 0 Å². The lowest BCUT2D eigenvalue weighted by Gasteiger charge is -2.08. The zero-order valence-corrected chi connectivity index (χ0v) is 12.9. The van der Waals surface area contributed by atoms with Gasteiger partial charge in [-0.25, -0.2) is 0 Å². The quantitative estimate of drug-likeness (QED) is 0.395. The minimum Gasteiger partial charge on any atom is -0.393 e. The number of nitrogens with two attached hydrogens (primary N) is 1. The highest BCUT2D eigenvalue weighted by molar-refractivity contribution is 7.87. The highest BCUT2D eigenvalue weighted by Crippen LogP contribution is 2.29. The molecule has 0 heterocycles. The van der Waals surface area contributed by atoms with Crippen LogP contribution in [0, 0.1) is 17.0 Å². The van der Waals surface area contributed by atoms with Crippen molar-refractivity contribution in [2.24, 2.45) is 0 Å². The fourth-order valence-corrected chi connectivity index (χ4v) is 2.83. The molecule has 0 radical (unpaired) electrons. The Hall–Kier alpha value is -2.32. The van der Waals surface area contributed by atoms with Crippen LogP contribution in [-0.4, -0.2) is 13.3 Å². The Balaban J connectivity index is 2.38. The molecule has 22 heavy (non-hydrogen) atoms. The van der Waals surface area contributed by atoms with E-state index in [9.17, 15) is 18.5 Å². The zero-order valence-electron chi connectivity index (χ0n) is 11.3. The molecule has 2 aromatic carbocycles. The van der Waals surface area contributed by atoms with Gasteiger partial charge in [0, 0.05) is 5.02 Å². The first-order chi connectivity index (χ1) is 10.2. The number of nitrogen functional groups attached to an aromatic ring is 1. The highest BCUT2D eigenvalue weighted by Gasteiger charge is 2.20. The molecule has 9 heteroatoms. The second-order valence-corrected chi connectivity index (χ2v) is 6.38. The summed E-state index contributed by atoms with van der Waals surface area (Å²) >= 11 is 5.88. The molecule has 0 bridgehead atoms. The Morgan fingerprint density at radius 2 is 1.91 bits per heavy atom. The fourth-order valence-electron chi connectivity index (χ4n) is 1.64. The van der Waals surface area contributed by atoms with E-state index in [0.29, 0.717) is 5.56 Å². The lowest BCUT2D eigenvalue weighted by Crippen LogP contribution is -2.10.